The van der Waals surface area contributed by atoms with E-state index in [0.29, 0.717) is 43.1 Å². The molecule has 1 aromatic carbocycles. The summed E-state index contributed by atoms with van der Waals surface area (Å²) in [5, 5.41) is 3.01. The summed E-state index contributed by atoms with van der Waals surface area (Å²) < 4.78 is 0.836. The van der Waals surface area contributed by atoms with Crippen LogP contribution < -0.4 is 16.0 Å². The molecule has 0 bridgehead atoms. The lowest BCUT2D eigenvalue weighted by Crippen LogP contribution is -2.52. The standard InChI is InChI=1S/C31H43BrN6O3.C2H6/c1-20(2)29(39)35-26-6-5-24(32)18-27(26)38(30(40)21(3)4)25-10-15-37(16-11-25)31(41)23-8-13-36(14-9-23)19-22-7-12-34-28(33)17-22;1-2/h5-7,12,17-18,20-21,23,25H,8-11,13-16,19H2,1-4H3,(H2,33,34)(H,35,39);1-2H3. The molecule has 2 aliphatic heterocycles. The molecule has 0 spiro atoms. The molecule has 3 N–H and O–H groups in total. The lowest BCUT2D eigenvalue weighted by atomic mass is 9.93. The fourth-order valence-corrected chi connectivity index (χ4v) is 6.00. The van der Waals surface area contributed by atoms with Crippen molar-refractivity contribution in [2.75, 3.05) is 42.1 Å². The van der Waals surface area contributed by atoms with Crippen molar-refractivity contribution in [1.29, 1.82) is 0 Å². The van der Waals surface area contributed by atoms with Crippen molar-refractivity contribution in [2.45, 2.75) is 79.8 Å². The molecule has 236 valence electrons. The minimum atomic E-state index is -0.212. The number of amides is 3. The van der Waals surface area contributed by atoms with Crippen LogP contribution in [0.3, 0.4) is 0 Å². The summed E-state index contributed by atoms with van der Waals surface area (Å²) >= 11 is 3.55. The molecule has 2 saturated heterocycles. The third-order valence-corrected chi connectivity index (χ3v) is 8.56. The smallest absolute Gasteiger partial charge is 0.229 e. The van der Waals surface area contributed by atoms with Crippen LogP contribution in [0, 0.1) is 17.8 Å². The number of carbonyl (C=O) groups is 3. The Labute approximate surface area is 265 Å². The number of nitrogens with two attached hydrogens (primary N) is 1. The molecule has 1 aromatic heterocycles. The van der Waals surface area contributed by atoms with Crippen LogP contribution >= 0.6 is 15.9 Å². The van der Waals surface area contributed by atoms with Crippen molar-refractivity contribution in [3.8, 4) is 0 Å². The summed E-state index contributed by atoms with van der Waals surface area (Å²) in [7, 11) is 0. The van der Waals surface area contributed by atoms with E-state index in [-0.39, 0.29) is 41.5 Å². The highest BCUT2D eigenvalue weighted by Crippen LogP contribution is 2.35. The van der Waals surface area contributed by atoms with E-state index >= 15 is 0 Å². The molecule has 10 heteroatoms. The predicted molar refractivity (Wildman–Crippen MR) is 178 cm³/mol. The van der Waals surface area contributed by atoms with Crippen LogP contribution in [0.1, 0.15) is 72.8 Å². The Morgan fingerprint density at radius 1 is 0.977 bits per heavy atom. The average molecular weight is 658 g/mol. The van der Waals surface area contributed by atoms with Crippen LogP contribution in [0.2, 0.25) is 0 Å². The quantitative estimate of drug-likeness (QED) is 0.364. The number of nitrogen functional groups attached to an aromatic ring is 1. The van der Waals surface area contributed by atoms with E-state index in [4.69, 9.17) is 5.73 Å². The van der Waals surface area contributed by atoms with Gasteiger partial charge in [-0.15, -0.1) is 0 Å². The number of halogens is 1. The molecule has 0 saturated carbocycles. The van der Waals surface area contributed by atoms with Gasteiger partial charge in [0.15, 0.2) is 0 Å². The van der Waals surface area contributed by atoms with Crippen LogP contribution in [-0.4, -0.2) is 64.7 Å². The fourth-order valence-electron chi connectivity index (χ4n) is 5.65. The predicted octanol–water partition coefficient (Wildman–Crippen LogP) is 5.94. The number of carbonyl (C=O) groups excluding carboxylic acids is 3. The Bertz CT molecular complexity index is 1240. The minimum absolute atomic E-state index is 0.0104. The molecule has 0 unspecified atom stereocenters. The van der Waals surface area contributed by atoms with E-state index in [0.717, 1.165) is 42.5 Å². The highest BCUT2D eigenvalue weighted by Gasteiger charge is 2.35. The highest BCUT2D eigenvalue weighted by molar-refractivity contribution is 9.10. The summed E-state index contributed by atoms with van der Waals surface area (Å²) in [5.41, 5.74) is 8.29. The first-order chi connectivity index (χ1) is 20.5. The minimum Gasteiger partial charge on any atom is -0.384 e. The topological polar surface area (TPSA) is 112 Å². The molecule has 3 heterocycles. The van der Waals surface area contributed by atoms with Gasteiger partial charge in [0.1, 0.15) is 5.82 Å². The fraction of sp³-hybridized carbons (Fsp3) is 0.576. The molecule has 43 heavy (non-hydrogen) atoms. The van der Waals surface area contributed by atoms with Crippen LogP contribution in [0.15, 0.2) is 41.0 Å². The maximum absolute atomic E-state index is 13.6. The van der Waals surface area contributed by atoms with E-state index in [1.54, 1.807) is 6.20 Å². The summed E-state index contributed by atoms with van der Waals surface area (Å²) in [5.74, 6) is 0.304. The van der Waals surface area contributed by atoms with E-state index in [1.807, 2.05) is 81.7 Å². The third kappa shape index (κ3) is 9.25. The summed E-state index contributed by atoms with van der Waals surface area (Å²) in [6, 6.07) is 9.45. The molecule has 0 aliphatic carbocycles. The number of pyridine rings is 1. The number of nitrogens with one attached hydrogen (secondary N) is 1. The number of aromatic nitrogens is 1. The van der Waals surface area contributed by atoms with Crippen LogP contribution in [0.5, 0.6) is 0 Å². The maximum atomic E-state index is 13.6. The Morgan fingerprint density at radius 3 is 2.21 bits per heavy atom. The van der Waals surface area contributed by atoms with Gasteiger partial charge in [0.25, 0.3) is 0 Å². The maximum Gasteiger partial charge on any atom is 0.229 e. The average Bonchev–Trinajstić information content (AvgIpc) is 3.00. The first-order valence-corrected chi connectivity index (χ1v) is 16.5. The van der Waals surface area contributed by atoms with E-state index in [9.17, 15) is 14.4 Å². The van der Waals surface area contributed by atoms with Crippen molar-refractivity contribution < 1.29 is 14.4 Å². The number of rotatable bonds is 8. The number of benzene rings is 1. The Balaban J connectivity index is 0.00000248. The second-order valence-corrected chi connectivity index (χ2v) is 12.8. The van der Waals surface area contributed by atoms with Crippen molar-refractivity contribution in [2.24, 2.45) is 17.8 Å². The summed E-state index contributed by atoms with van der Waals surface area (Å²) in [6.45, 7) is 15.3. The van der Waals surface area contributed by atoms with Crippen molar-refractivity contribution in [3.05, 3.63) is 46.6 Å². The first kappa shape index (κ1) is 34.5. The number of likely N-dealkylation sites (tertiary alicyclic amines) is 2. The van der Waals surface area contributed by atoms with Gasteiger partial charge in [-0.3, -0.25) is 19.3 Å². The molecular weight excluding hydrogens is 608 g/mol. The first-order valence-electron chi connectivity index (χ1n) is 15.7. The molecule has 2 aliphatic rings. The second kappa shape index (κ2) is 16.2. The zero-order valence-electron chi connectivity index (χ0n) is 26.6. The molecule has 0 radical (unpaired) electrons. The van der Waals surface area contributed by atoms with Gasteiger partial charge >= 0.3 is 0 Å². The molecular formula is C33H49BrN6O3. The number of nitrogens with zero attached hydrogens (tertiary/aromatic N) is 4. The molecule has 3 amide bonds. The molecule has 2 aromatic rings. The van der Waals surface area contributed by atoms with E-state index < -0.39 is 0 Å². The summed E-state index contributed by atoms with van der Waals surface area (Å²) in [6.07, 6.45) is 4.80. The molecule has 0 atom stereocenters. The normalized spacial score (nSPS) is 16.5. The number of anilines is 3. The number of hydrogen-bond acceptors (Lipinski definition) is 6. The SMILES string of the molecule is CC.CC(C)C(=O)Nc1ccc(Br)cc1N(C(=O)C(C)C)C1CCN(C(=O)C2CCN(Cc3ccnc(N)c3)CC2)CC1. The van der Waals surface area contributed by atoms with Gasteiger partial charge in [-0.25, -0.2) is 4.98 Å². The van der Waals surface area contributed by atoms with Crippen LogP contribution in [0.4, 0.5) is 17.2 Å². The Hall–Kier alpha value is -2.98. The van der Waals surface area contributed by atoms with E-state index in [2.05, 4.69) is 31.1 Å². The van der Waals surface area contributed by atoms with E-state index in [1.165, 1.54) is 0 Å². The van der Waals surface area contributed by atoms with Gasteiger partial charge in [0.05, 0.1) is 11.4 Å². The van der Waals surface area contributed by atoms with Crippen molar-refractivity contribution in [3.63, 3.8) is 0 Å². The monoisotopic (exact) mass is 656 g/mol. The third-order valence-electron chi connectivity index (χ3n) is 8.06. The van der Waals surface area contributed by atoms with Gasteiger partial charge in [0, 0.05) is 54.1 Å². The zero-order chi connectivity index (χ0) is 31.7. The number of hydrogen-bond donors (Lipinski definition) is 2. The molecule has 4 rings (SSSR count). The lowest BCUT2D eigenvalue weighted by molar-refractivity contribution is -0.138. The van der Waals surface area contributed by atoms with Gasteiger partial charge in [0.2, 0.25) is 17.7 Å². The summed E-state index contributed by atoms with van der Waals surface area (Å²) in [4.78, 5) is 49.9. The largest absolute Gasteiger partial charge is 0.384 e. The van der Waals surface area contributed by atoms with Crippen molar-refractivity contribution in [1.82, 2.24) is 14.8 Å². The second-order valence-electron chi connectivity index (χ2n) is 11.9. The van der Waals surface area contributed by atoms with Crippen LogP contribution in [0.25, 0.3) is 0 Å². The van der Waals surface area contributed by atoms with Gasteiger partial charge in [-0.2, -0.15) is 0 Å². The van der Waals surface area contributed by atoms with Crippen LogP contribution in [-0.2, 0) is 20.9 Å². The zero-order valence-corrected chi connectivity index (χ0v) is 28.2. The highest BCUT2D eigenvalue weighted by atomic mass is 79.9. The van der Waals surface area contributed by atoms with Gasteiger partial charge in [-0.05, 0) is 74.7 Å². The lowest BCUT2D eigenvalue weighted by Gasteiger charge is -2.41. The molecule has 2 fully saturated rings. The Kier molecular flexibility index (Phi) is 13.0. The van der Waals surface area contributed by atoms with Crippen molar-refractivity contribution >= 4 is 50.8 Å². The molecule has 9 nitrogen and oxygen atoms in total. The number of piperidine rings is 2. The van der Waals surface area contributed by atoms with Gasteiger partial charge < -0.3 is 20.9 Å². The Morgan fingerprint density at radius 2 is 1.63 bits per heavy atom. The van der Waals surface area contributed by atoms with Gasteiger partial charge in [-0.1, -0.05) is 57.5 Å².